The Morgan fingerprint density at radius 3 is 1.33 bits per heavy atom. The fourth-order valence-electron chi connectivity index (χ4n) is 1.63. The third kappa shape index (κ3) is 3.62. The number of hydrogen-bond donors (Lipinski definition) is 1. The van der Waals surface area contributed by atoms with E-state index in [0.29, 0.717) is 0 Å². The summed E-state index contributed by atoms with van der Waals surface area (Å²) in [6, 6.07) is 0. The van der Waals surface area contributed by atoms with E-state index in [-0.39, 0.29) is 6.42 Å². The molecule has 0 aromatic carbocycles. The van der Waals surface area contributed by atoms with Crippen molar-refractivity contribution in [3.8, 4) is 0 Å². The van der Waals surface area contributed by atoms with Gasteiger partial charge in [-0.3, -0.25) is 4.79 Å². The van der Waals surface area contributed by atoms with Crippen LogP contribution in [0, 0.1) is 0 Å². The van der Waals surface area contributed by atoms with Crippen LogP contribution in [0.3, 0.4) is 0 Å². The Morgan fingerprint density at radius 2 is 1.00 bits per heavy atom. The molecule has 0 saturated heterocycles. The lowest BCUT2D eigenvalue weighted by atomic mass is 9.89. The van der Waals surface area contributed by atoms with E-state index in [2.05, 4.69) is 0 Å². The predicted octanol–water partition coefficient (Wildman–Crippen LogP) is 5.22. The van der Waals surface area contributed by atoms with Crippen LogP contribution < -0.4 is 5.32 Å². The van der Waals surface area contributed by atoms with Gasteiger partial charge in [0.2, 0.25) is 0 Å². The Bertz CT molecular complexity index is 628. The highest BCUT2D eigenvalue weighted by Crippen LogP contribution is 2.62. The smallest absolute Gasteiger partial charge is 0.351 e. The summed E-state index contributed by atoms with van der Waals surface area (Å²) in [5.41, 5.74) is 0. The van der Waals surface area contributed by atoms with Crippen LogP contribution in [0.15, 0.2) is 0 Å². The minimum absolute atomic E-state index is 0.326. The van der Waals surface area contributed by atoms with Gasteiger partial charge in [-0.2, -0.15) is 61.5 Å². The second-order valence-corrected chi connectivity index (χ2v) is 5.63. The summed E-state index contributed by atoms with van der Waals surface area (Å²) in [5.74, 6) is -59.2. The largest absolute Gasteiger partial charge is 0.392 e. The maximum Gasteiger partial charge on any atom is 0.392 e. The molecule has 0 fully saturated rings. The van der Waals surface area contributed by atoms with Crippen molar-refractivity contribution in [1.29, 1.82) is 0 Å². The first-order valence-electron chi connectivity index (χ1n) is 7.14. The molecule has 0 aromatic heterocycles. The predicted molar refractivity (Wildman–Crippen MR) is 63.9 cm³/mol. The number of nitrogens with one attached hydrogen (secondary N) is 1. The van der Waals surface area contributed by atoms with Crippen LogP contribution in [0.4, 0.5) is 70.2 Å². The molecule has 18 heteroatoms. The number of carbonyl (C=O) groups is 1. The van der Waals surface area contributed by atoms with Crippen molar-refractivity contribution in [2.45, 2.75) is 61.2 Å². The lowest BCUT2D eigenvalue weighted by Gasteiger charge is -2.42. The van der Waals surface area contributed by atoms with Gasteiger partial charge in [-0.15, -0.1) is 0 Å². The Morgan fingerprint density at radius 1 is 0.667 bits per heavy atom. The Hall–Kier alpha value is -1.65. The molecule has 0 heterocycles. The van der Waals surface area contributed by atoms with Crippen LogP contribution in [-0.2, 0) is 4.79 Å². The topological polar surface area (TPSA) is 29.1 Å². The normalized spacial score (nSPS) is 15.5. The van der Waals surface area contributed by atoms with Gasteiger partial charge < -0.3 is 5.32 Å². The molecule has 1 N–H and O–H groups in total. The van der Waals surface area contributed by atoms with Gasteiger partial charge in [-0.05, 0) is 6.42 Å². The average Bonchev–Trinajstić information content (AvgIpc) is 2.57. The monoisotopic (exact) mass is 487 g/mol. The molecule has 0 aliphatic rings. The van der Waals surface area contributed by atoms with Crippen LogP contribution in [0.25, 0.3) is 0 Å². The summed E-state index contributed by atoms with van der Waals surface area (Å²) >= 11 is 0. The highest BCUT2D eigenvalue weighted by Gasteiger charge is 2.94. The van der Waals surface area contributed by atoms with E-state index < -0.39 is 60.3 Å². The molecule has 30 heavy (non-hydrogen) atoms. The molecule has 0 bridgehead atoms. The van der Waals surface area contributed by atoms with E-state index in [9.17, 15) is 75.0 Å². The van der Waals surface area contributed by atoms with Gasteiger partial charge >= 0.3 is 47.9 Å². The summed E-state index contributed by atoms with van der Waals surface area (Å²) in [5, 5.41) is 0.808. The van der Waals surface area contributed by atoms with E-state index in [0.717, 1.165) is 12.2 Å². The summed E-state index contributed by atoms with van der Waals surface area (Å²) < 4.78 is 208. The van der Waals surface area contributed by atoms with Gasteiger partial charge in [0.05, 0.1) is 0 Å². The van der Waals surface area contributed by atoms with Gasteiger partial charge in [0.15, 0.2) is 0 Å². The number of alkyl halides is 16. The maximum absolute atomic E-state index is 13.4. The standard InChI is InChI=1S/C12H9F16NO/c1-2-3-29-5(30)7(17,18)9(21,22)11(25,26)12(27,28)10(23,24)8(19,20)6(15,16)4(13)14/h4H,2-3H2,1H3,(H,29,30). The molecule has 0 aromatic rings. The van der Waals surface area contributed by atoms with Crippen LogP contribution in [0.1, 0.15) is 13.3 Å². The van der Waals surface area contributed by atoms with Gasteiger partial charge in [-0.25, -0.2) is 8.78 Å². The lowest BCUT2D eigenvalue weighted by Crippen LogP contribution is -2.74. The van der Waals surface area contributed by atoms with Crippen molar-refractivity contribution < 1.29 is 75.0 Å². The third-order valence-corrected chi connectivity index (χ3v) is 3.49. The quantitative estimate of drug-likeness (QED) is 0.421. The van der Waals surface area contributed by atoms with Crippen molar-refractivity contribution in [3.05, 3.63) is 0 Å². The molecule has 2 nitrogen and oxygen atoms in total. The van der Waals surface area contributed by atoms with Gasteiger partial charge in [0.25, 0.3) is 5.91 Å². The molecule has 0 radical (unpaired) electrons. The lowest BCUT2D eigenvalue weighted by molar-refractivity contribution is -0.443. The molecular formula is C12H9F16NO. The summed E-state index contributed by atoms with van der Waals surface area (Å²) in [4.78, 5) is 10.9. The molecule has 0 atom stereocenters. The van der Waals surface area contributed by atoms with E-state index in [4.69, 9.17) is 0 Å². The highest BCUT2D eigenvalue weighted by molar-refractivity contribution is 5.84. The zero-order chi connectivity index (χ0) is 24.8. The van der Waals surface area contributed by atoms with Crippen molar-refractivity contribution in [2.75, 3.05) is 6.54 Å². The fourth-order valence-corrected chi connectivity index (χ4v) is 1.63. The van der Waals surface area contributed by atoms with Crippen molar-refractivity contribution in [1.82, 2.24) is 5.32 Å². The Labute approximate surface area is 155 Å². The number of hydrogen-bond acceptors (Lipinski definition) is 1. The van der Waals surface area contributed by atoms with E-state index in [1.807, 2.05) is 0 Å². The molecule has 0 rings (SSSR count). The first-order chi connectivity index (χ1) is 12.9. The fraction of sp³-hybridized carbons (Fsp3) is 0.917. The molecule has 0 aliphatic carbocycles. The number of carbonyl (C=O) groups excluding carboxylic acids is 1. The van der Waals surface area contributed by atoms with Crippen molar-refractivity contribution >= 4 is 5.91 Å². The van der Waals surface area contributed by atoms with Crippen molar-refractivity contribution in [3.63, 3.8) is 0 Å². The molecule has 1 amide bonds. The molecule has 0 aliphatic heterocycles. The SMILES string of the molecule is CCCNC(=O)C(F)(F)C(F)(F)C(F)(F)C(F)(F)C(F)(F)C(F)(F)C(F)(F)C(F)F. The van der Waals surface area contributed by atoms with Gasteiger partial charge in [0.1, 0.15) is 0 Å². The average molecular weight is 487 g/mol. The highest BCUT2D eigenvalue weighted by atomic mass is 19.4. The molecule has 0 saturated carbocycles. The van der Waals surface area contributed by atoms with Crippen LogP contribution >= 0.6 is 0 Å². The first-order valence-corrected chi connectivity index (χ1v) is 7.14. The van der Waals surface area contributed by atoms with Crippen LogP contribution in [0.2, 0.25) is 0 Å². The minimum atomic E-state index is -8.50. The summed E-state index contributed by atoms with van der Waals surface area (Å²) in [6.45, 7) is 0.131. The number of rotatable bonds is 10. The van der Waals surface area contributed by atoms with E-state index in [1.54, 1.807) is 0 Å². The molecule has 180 valence electrons. The summed E-state index contributed by atoms with van der Waals surface area (Å²) in [7, 11) is 0. The number of halogens is 16. The molecular weight excluding hydrogens is 478 g/mol. The number of amides is 1. The third-order valence-electron chi connectivity index (χ3n) is 3.49. The van der Waals surface area contributed by atoms with Crippen molar-refractivity contribution in [2.24, 2.45) is 0 Å². The second kappa shape index (κ2) is 7.80. The molecule has 0 spiro atoms. The second-order valence-electron chi connectivity index (χ2n) is 5.63. The summed E-state index contributed by atoms with van der Waals surface area (Å²) in [6.07, 6.45) is -6.22. The zero-order valence-corrected chi connectivity index (χ0v) is 13.9. The zero-order valence-electron chi connectivity index (χ0n) is 13.9. The Kier molecular flexibility index (Phi) is 7.37. The van der Waals surface area contributed by atoms with Gasteiger partial charge in [0, 0.05) is 6.54 Å². The van der Waals surface area contributed by atoms with Crippen LogP contribution in [0.5, 0.6) is 0 Å². The minimum Gasteiger partial charge on any atom is -0.351 e. The van der Waals surface area contributed by atoms with E-state index in [1.165, 1.54) is 0 Å². The first kappa shape index (κ1) is 28.3. The van der Waals surface area contributed by atoms with E-state index >= 15 is 0 Å². The van der Waals surface area contributed by atoms with Gasteiger partial charge in [-0.1, -0.05) is 6.92 Å². The van der Waals surface area contributed by atoms with Crippen LogP contribution in [-0.4, -0.2) is 60.3 Å². The Balaban J connectivity index is 6.56. The molecule has 0 unspecified atom stereocenters. The maximum atomic E-state index is 13.4.